The van der Waals surface area contributed by atoms with Gasteiger partial charge in [0.05, 0.1) is 0 Å². The van der Waals surface area contributed by atoms with Crippen LogP contribution in [-0.4, -0.2) is 25.0 Å². The average Bonchev–Trinajstić information content (AvgIpc) is 2.29. The largest absolute Gasteiger partial charge is 0.349 e. The van der Waals surface area contributed by atoms with Crippen LogP contribution in [0.5, 0.6) is 0 Å². The minimum absolute atomic E-state index is 0.0255. The highest BCUT2D eigenvalue weighted by Crippen LogP contribution is 2.15. The summed E-state index contributed by atoms with van der Waals surface area (Å²) in [6, 6.07) is 5.71. The van der Waals surface area contributed by atoms with Crippen molar-refractivity contribution in [3.05, 3.63) is 34.3 Å². The van der Waals surface area contributed by atoms with E-state index in [4.69, 9.17) is 11.6 Å². The average molecular weight is 253 g/mol. The van der Waals surface area contributed by atoms with E-state index in [2.05, 4.69) is 10.6 Å². The van der Waals surface area contributed by atoms with E-state index < -0.39 is 0 Å². The van der Waals surface area contributed by atoms with Crippen molar-refractivity contribution in [2.24, 2.45) is 0 Å². The Morgan fingerprint density at radius 3 is 2.71 bits per heavy atom. The van der Waals surface area contributed by atoms with Crippen molar-refractivity contribution in [1.29, 1.82) is 0 Å². The van der Waals surface area contributed by atoms with E-state index in [1.807, 2.05) is 19.1 Å². The number of nitrogens with one attached hydrogen (secondary N) is 2. The highest BCUT2D eigenvalue weighted by atomic mass is 35.5. The Morgan fingerprint density at radius 2 is 2.06 bits per heavy atom. The molecule has 1 amide bonds. The summed E-state index contributed by atoms with van der Waals surface area (Å²) in [4.78, 5) is 12.0. The zero-order valence-corrected chi connectivity index (χ0v) is 10.7. The van der Waals surface area contributed by atoms with Gasteiger partial charge in [0.2, 0.25) is 0 Å². The van der Waals surface area contributed by atoms with Crippen LogP contribution in [0.25, 0.3) is 0 Å². The molecule has 0 radical (unpaired) electrons. The molecule has 0 atom stereocenters. The van der Waals surface area contributed by atoms with Crippen LogP contribution in [-0.2, 0) is 0 Å². The normalized spacial score (nSPS) is 16.8. The number of carbonyl (C=O) groups excluding carboxylic acids is 1. The number of hydrogen-bond donors (Lipinski definition) is 2. The molecule has 3 nitrogen and oxygen atoms in total. The molecule has 17 heavy (non-hydrogen) atoms. The summed E-state index contributed by atoms with van der Waals surface area (Å²) >= 11 is 5.95. The molecule has 1 fully saturated rings. The fraction of sp³-hybridized carbons (Fsp3) is 0.462. The Bertz CT molecular complexity index is 394. The third-order valence-corrected chi connectivity index (χ3v) is 3.20. The maximum atomic E-state index is 12.0. The van der Waals surface area contributed by atoms with E-state index in [-0.39, 0.29) is 11.9 Å². The van der Waals surface area contributed by atoms with Gasteiger partial charge in [0.15, 0.2) is 0 Å². The smallest absolute Gasteiger partial charge is 0.251 e. The van der Waals surface area contributed by atoms with E-state index in [1.54, 1.807) is 6.07 Å². The molecule has 1 aromatic rings. The van der Waals surface area contributed by atoms with Crippen LogP contribution in [0.1, 0.15) is 28.8 Å². The van der Waals surface area contributed by atoms with Crippen LogP contribution >= 0.6 is 11.6 Å². The molecule has 0 aromatic heterocycles. The lowest BCUT2D eigenvalue weighted by molar-refractivity contribution is 0.0929. The van der Waals surface area contributed by atoms with Crippen LogP contribution in [0.15, 0.2) is 18.2 Å². The topological polar surface area (TPSA) is 41.1 Å². The second kappa shape index (κ2) is 5.52. The van der Waals surface area contributed by atoms with Crippen LogP contribution in [0, 0.1) is 6.92 Å². The van der Waals surface area contributed by atoms with Gasteiger partial charge < -0.3 is 10.6 Å². The molecule has 0 unspecified atom stereocenters. The number of hydrogen-bond acceptors (Lipinski definition) is 2. The Hall–Kier alpha value is -1.06. The van der Waals surface area contributed by atoms with Gasteiger partial charge >= 0.3 is 0 Å². The van der Waals surface area contributed by atoms with Crippen LogP contribution in [0.3, 0.4) is 0 Å². The number of halogens is 1. The quantitative estimate of drug-likeness (QED) is 0.847. The van der Waals surface area contributed by atoms with Crippen LogP contribution < -0.4 is 10.6 Å². The number of carbonyl (C=O) groups is 1. The van der Waals surface area contributed by atoms with Gasteiger partial charge in [0.25, 0.3) is 5.91 Å². The third-order valence-electron chi connectivity index (χ3n) is 2.98. The molecule has 0 spiro atoms. The highest BCUT2D eigenvalue weighted by Gasteiger charge is 2.16. The van der Waals surface area contributed by atoms with Gasteiger partial charge in [0, 0.05) is 16.6 Å². The number of amides is 1. The zero-order chi connectivity index (χ0) is 12.3. The van der Waals surface area contributed by atoms with Crippen molar-refractivity contribution in [3.63, 3.8) is 0 Å². The van der Waals surface area contributed by atoms with E-state index in [0.29, 0.717) is 10.6 Å². The summed E-state index contributed by atoms with van der Waals surface area (Å²) in [6.45, 7) is 3.88. The van der Waals surface area contributed by atoms with Crippen molar-refractivity contribution in [3.8, 4) is 0 Å². The summed E-state index contributed by atoms with van der Waals surface area (Å²) in [5, 5.41) is 6.94. The molecular formula is C13H17ClN2O. The molecule has 1 saturated heterocycles. The SMILES string of the molecule is Cc1cc(Cl)cc(C(=O)NC2CCNCC2)c1. The molecule has 1 aromatic carbocycles. The van der Waals surface area contributed by atoms with Gasteiger partial charge in [-0.1, -0.05) is 11.6 Å². The maximum absolute atomic E-state index is 12.0. The first-order valence-corrected chi connectivity index (χ1v) is 6.32. The number of piperidine rings is 1. The highest BCUT2D eigenvalue weighted by molar-refractivity contribution is 6.31. The number of rotatable bonds is 2. The Kier molecular flexibility index (Phi) is 4.02. The lowest BCUT2D eigenvalue weighted by Gasteiger charge is -2.23. The van der Waals surface area contributed by atoms with Crippen molar-refractivity contribution in [2.75, 3.05) is 13.1 Å². The summed E-state index contributed by atoms with van der Waals surface area (Å²) < 4.78 is 0. The van der Waals surface area contributed by atoms with Gasteiger partial charge in [0.1, 0.15) is 0 Å². The second-order valence-corrected chi connectivity index (χ2v) is 4.95. The summed E-state index contributed by atoms with van der Waals surface area (Å²) in [7, 11) is 0. The molecule has 0 aliphatic carbocycles. The summed E-state index contributed by atoms with van der Waals surface area (Å²) in [5.41, 5.74) is 1.65. The lowest BCUT2D eigenvalue weighted by Crippen LogP contribution is -2.42. The van der Waals surface area contributed by atoms with Gasteiger partial charge in [-0.05, 0) is 56.6 Å². The lowest BCUT2D eigenvalue weighted by atomic mass is 10.1. The predicted octanol–water partition coefficient (Wildman–Crippen LogP) is 2.13. The van der Waals surface area contributed by atoms with Crippen molar-refractivity contribution >= 4 is 17.5 Å². The maximum Gasteiger partial charge on any atom is 0.251 e. The Balaban J connectivity index is 2.03. The molecule has 2 N–H and O–H groups in total. The van der Waals surface area contributed by atoms with E-state index in [9.17, 15) is 4.79 Å². The van der Waals surface area contributed by atoms with E-state index in [1.165, 1.54) is 0 Å². The molecule has 1 aliphatic heterocycles. The van der Waals surface area contributed by atoms with Crippen LogP contribution in [0.4, 0.5) is 0 Å². The number of aryl methyl sites for hydroxylation is 1. The molecule has 1 heterocycles. The second-order valence-electron chi connectivity index (χ2n) is 4.51. The van der Waals surface area contributed by atoms with Crippen molar-refractivity contribution < 1.29 is 4.79 Å². The molecule has 0 saturated carbocycles. The predicted molar refractivity (Wildman–Crippen MR) is 69.5 cm³/mol. The first-order chi connectivity index (χ1) is 8.15. The monoisotopic (exact) mass is 252 g/mol. The molecule has 92 valence electrons. The summed E-state index contributed by atoms with van der Waals surface area (Å²) in [6.07, 6.45) is 1.98. The molecule has 1 aliphatic rings. The summed E-state index contributed by atoms with van der Waals surface area (Å²) in [5.74, 6) is -0.0255. The van der Waals surface area contributed by atoms with E-state index >= 15 is 0 Å². The van der Waals surface area contributed by atoms with Gasteiger partial charge in [-0.2, -0.15) is 0 Å². The first kappa shape index (κ1) is 12.4. The van der Waals surface area contributed by atoms with Gasteiger partial charge in [-0.15, -0.1) is 0 Å². The van der Waals surface area contributed by atoms with Crippen LogP contribution in [0.2, 0.25) is 5.02 Å². The molecule has 0 bridgehead atoms. The Morgan fingerprint density at radius 1 is 1.35 bits per heavy atom. The van der Waals surface area contributed by atoms with Gasteiger partial charge in [-0.3, -0.25) is 4.79 Å². The molecular weight excluding hydrogens is 236 g/mol. The zero-order valence-electron chi connectivity index (χ0n) is 9.92. The van der Waals surface area contributed by atoms with E-state index in [0.717, 1.165) is 31.5 Å². The first-order valence-electron chi connectivity index (χ1n) is 5.94. The standard InChI is InChI=1S/C13H17ClN2O/c1-9-6-10(8-11(14)7-9)13(17)16-12-2-4-15-5-3-12/h6-8,12,15H,2-5H2,1H3,(H,16,17). The number of benzene rings is 1. The fourth-order valence-corrected chi connectivity index (χ4v) is 2.39. The molecule has 4 heteroatoms. The fourth-order valence-electron chi connectivity index (χ4n) is 2.10. The third kappa shape index (κ3) is 3.45. The van der Waals surface area contributed by atoms with Crippen molar-refractivity contribution in [2.45, 2.75) is 25.8 Å². The Labute approximate surface area is 107 Å². The van der Waals surface area contributed by atoms with Gasteiger partial charge in [-0.25, -0.2) is 0 Å². The molecule has 2 rings (SSSR count). The minimum Gasteiger partial charge on any atom is -0.349 e. The minimum atomic E-state index is -0.0255. The van der Waals surface area contributed by atoms with Crippen molar-refractivity contribution in [1.82, 2.24) is 10.6 Å².